The van der Waals surface area contributed by atoms with E-state index >= 15 is 0 Å². The Balaban J connectivity index is 3.40. The molecule has 56 valence electrons. The number of benzene rings is 1. The van der Waals surface area contributed by atoms with E-state index in [0.717, 1.165) is 11.1 Å². The lowest BCUT2D eigenvalue weighted by molar-refractivity contribution is 0.472. The lowest BCUT2D eigenvalue weighted by Gasteiger charge is -2.01. The largest absolute Gasteiger partial charge is 0.507 e. The molecule has 11 heavy (non-hydrogen) atoms. The molecule has 0 amide bonds. The lowest BCUT2D eigenvalue weighted by atomic mass is 10.1. The van der Waals surface area contributed by atoms with Gasteiger partial charge in [0.05, 0.1) is 5.56 Å². The minimum absolute atomic E-state index is 0.0741. The molecule has 0 aliphatic carbocycles. The van der Waals surface area contributed by atoms with E-state index in [2.05, 4.69) is 0 Å². The van der Waals surface area contributed by atoms with Gasteiger partial charge in [0.1, 0.15) is 11.8 Å². The molecule has 0 bridgehead atoms. The zero-order chi connectivity index (χ0) is 8.43. The van der Waals surface area contributed by atoms with Crippen LogP contribution >= 0.6 is 0 Å². The zero-order valence-corrected chi connectivity index (χ0v) is 6.55. The third kappa shape index (κ3) is 1.32. The lowest BCUT2D eigenvalue weighted by Crippen LogP contribution is -1.84. The highest BCUT2D eigenvalue weighted by molar-refractivity contribution is 5.49. The molecule has 0 atom stereocenters. The molecule has 0 aliphatic heterocycles. The van der Waals surface area contributed by atoms with Crippen molar-refractivity contribution in [2.45, 2.75) is 13.8 Å². The van der Waals surface area contributed by atoms with E-state index < -0.39 is 0 Å². The topological polar surface area (TPSA) is 44.0 Å². The summed E-state index contributed by atoms with van der Waals surface area (Å²) >= 11 is 0. The van der Waals surface area contributed by atoms with E-state index in [0.29, 0.717) is 5.56 Å². The van der Waals surface area contributed by atoms with E-state index in [9.17, 15) is 5.11 Å². The Morgan fingerprint density at radius 1 is 1.36 bits per heavy atom. The second kappa shape index (κ2) is 2.63. The summed E-state index contributed by atoms with van der Waals surface area (Å²) in [4.78, 5) is 0. The maximum absolute atomic E-state index is 9.25. The first-order valence-electron chi connectivity index (χ1n) is 3.35. The Kier molecular flexibility index (Phi) is 1.82. The van der Waals surface area contributed by atoms with Crippen LogP contribution in [0.1, 0.15) is 16.7 Å². The van der Waals surface area contributed by atoms with Gasteiger partial charge in [-0.3, -0.25) is 0 Å². The maximum atomic E-state index is 9.25. The van der Waals surface area contributed by atoms with Crippen LogP contribution in [0.4, 0.5) is 0 Å². The van der Waals surface area contributed by atoms with Crippen molar-refractivity contribution in [2.24, 2.45) is 0 Å². The number of nitriles is 1. The Bertz CT molecular complexity index is 300. The monoisotopic (exact) mass is 147 g/mol. The first-order valence-corrected chi connectivity index (χ1v) is 3.35. The van der Waals surface area contributed by atoms with Crippen molar-refractivity contribution >= 4 is 0 Å². The number of rotatable bonds is 0. The van der Waals surface area contributed by atoms with E-state index in [1.165, 1.54) is 0 Å². The van der Waals surface area contributed by atoms with Crippen molar-refractivity contribution in [1.29, 1.82) is 5.26 Å². The van der Waals surface area contributed by atoms with Crippen molar-refractivity contribution in [3.63, 3.8) is 0 Å². The minimum atomic E-state index is 0.0741. The summed E-state index contributed by atoms with van der Waals surface area (Å²) in [5.41, 5.74) is 2.17. The fourth-order valence-electron chi connectivity index (χ4n) is 1.09. The van der Waals surface area contributed by atoms with Crippen molar-refractivity contribution in [3.05, 3.63) is 28.8 Å². The molecule has 1 N–H and O–H groups in total. The maximum Gasteiger partial charge on any atom is 0.133 e. The molecule has 2 heteroatoms. The third-order valence-electron chi connectivity index (χ3n) is 1.57. The molecule has 0 spiro atoms. The summed E-state index contributed by atoms with van der Waals surface area (Å²) in [6, 6.07) is 5.40. The quantitative estimate of drug-likeness (QED) is 0.608. The number of hydrogen-bond acceptors (Lipinski definition) is 2. The van der Waals surface area contributed by atoms with E-state index in [-0.39, 0.29) is 5.75 Å². The van der Waals surface area contributed by atoms with Crippen LogP contribution in [0.25, 0.3) is 0 Å². The summed E-state index contributed by atoms with van der Waals surface area (Å²) in [6.45, 7) is 3.69. The fourth-order valence-corrected chi connectivity index (χ4v) is 1.09. The highest BCUT2D eigenvalue weighted by atomic mass is 16.3. The molecule has 1 aromatic carbocycles. The van der Waals surface area contributed by atoms with Gasteiger partial charge in [-0.2, -0.15) is 5.26 Å². The first kappa shape index (κ1) is 7.62. The standard InChI is InChI=1S/C9H9NO/c1-6-3-7(2)8(5-10)9(11)4-6/h3-4,11H,1-2H3. The van der Waals surface area contributed by atoms with Gasteiger partial charge in [0.15, 0.2) is 0 Å². The second-order valence-electron chi connectivity index (χ2n) is 2.59. The fraction of sp³-hybridized carbons (Fsp3) is 0.222. The molecule has 0 unspecified atom stereocenters. The average Bonchev–Trinajstić information content (AvgIpc) is 1.85. The van der Waals surface area contributed by atoms with E-state index in [4.69, 9.17) is 5.26 Å². The molecule has 2 nitrogen and oxygen atoms in total. The summed E-state index contributed by atoms with van der Waals surface area (Å²) in [5.74, 6) is 0.0741. The van der Waals surface area contributed by atoms with Gasteiger partial charge in [-0.15, -0.1) is 0 Å². The van der Waals surface area contributed by atoms with Gasteiger partial charge < -0.3 is 5.11 Å². The molecule has 0 aliphatic rings. The molecule has 1 rings (SSSR count). The third-order valence-corrected chi connectivity index (χ3v) is 1.57. The van der Waals surface area contributed by atoms with Crippen molar-refractivity contribution in [1.82, 2.24) is 0 Å². The molecule has 0 saturated heterocycles. The van der Waals surface area contributed by atoms with Crippen LogP contribution in [0.2, 0.25) is 0 Å². The predicted molar refractivity (Wildman–Crippen MR) is 42.3 cm³/mol. The summed E-state index contributed by atoms with van der Waals surface area (Å²) in [6.07, 6.45) is 0. The van der Waals surface area contributed by atoms with Gasteiger partial charge in [0, 0.05) is 0 Å². The van der Waals surface area contributed by atoms with Crippen molar-refractivity contribution in [3.8, 4) is 11.8 Å². The van der Waals surface area contributed by atoms with Crippen LogP contribution in [0, 0.1) is 25.2 Å². The average molecular weight is 147 g/mol. The molecule has 0 aromatic heterocycles. The molecule has 0 fully saturated rings. The molecule has 0 radical (unpaired) electrons. The number of aromatic hydroxyl groups is 1. The van der Waals surface area contributed by atoms with Gasteiger partial charge in [-0.05, 0) is 31.0 Å². The van der Waals surface area contributed by atoms with Crippen LogP contribution in [0.15, 0.2) is 12.1 Å². The summed E-state index contributed by atoms with van der Waals surface area (Å²) < 4.78 is 0. The van der Waals surface area contributed by atoms with Gasteiger partial charge in [-0.25, -0.2) is 0 Å². The van der Waals surface area contributed by atoms with E-state index in [1.807, 2.05) is 26.0 Å². The van der Waals surface area contributed by atoms with Gasteiger partial charge in [0.25, 0.3) is 0 Å². The number of phenols is 1. The number of aryl methyl sites for hydroxylation is 2. The Morgan fingerprint density at radius 3 is 2.45 bits per heavy atom. The summed E-state index contributed by atoms with van der Waals surface area (Å²) in [7, 11) is 0. The van der Waals surface area contributed by atoms with Crippen LogP contribution in [0.3, 0.4) is 0 Å². The van der Waals surface area contributed by atoms with Crippen molar-refractivity contribution < 1.29 is 5.11 Å². The zero-order valence-electron chi connectivity index (χ0n) is 6.55. The van der Waals surface area contributed by atoms with Gasteiger partial charge in [0.2, 0.25) is 0 Å². The number of nitrogens with zero attached hydrogens (tertiary/aromatic N) is 1. The molecule has 0 saturated carbocycles. The smallest absolute Gasteiger partial charge is 0.133 e. The normalized spacial score (nSPS) is 9.18. The van der Waals surface area contributed by atoms with Crippen LogP contribution in [-0.2, 0) is 0 Å². The molecule has 1 aromatic rings. The Hall–Kier alpha value is -1.49. The minimum Gasteiger partial charge on any atom is -0.507 e. The van der Waals surface area contributed by atoms with Crippen molar-refractivity contribution in [2.75, 3.05) is 0 Å². The SMILES string of the molecule is Cc1cc(C)c(C#N)c(O)c1. The van der Waals surface area contributed by atoms with Crippen LogP contribution < -0.4 is 0 Å². The number of hydrogen-bond donors (Lipinski definition) is 1. The first-order chi connectivity index (χ1) is 5.15. The highest BCUT2D eigenvalue weighted by Crippen LogP contribution is 2.21. The van der Waals surface area contributed by atoms with Gasteiger partial charge in [-0.1, -0.05) is 6.07 Å². The Morgan fingerprint density at radius 2 is 2.00 bits per heavy atom. The van der Waals surface area contributed by atoms with Crippen LogP contribution in [-0.4, -0.2) is 5.11 Å². The summed E-state index contributed by atoms with van der Waals surface area (Å²) in [5, 5.41) is 17.8. The van der Waals surface area contributed by atoms with Gasteiger partial charge >= 0.3 is 0 Å². The number of phenolic OH excluding ortho intramolecular Hbond substituents is 1. The highest BCUT2D eigenvalue weighted by Gasteiger charge is 2.03. The Labute approximate surface area is 65.7 Å². The predicted octanol–water partition coefficient (Wildman–Crippen LogP) is 1.88. The molecular formula is C9H9NO. The van der Waals surface area contributed by atoms with E-state index in [1.54, 1.807) is 6.07 Å². The molecular weight excluding hydrogens is 138 g/mol. The second-order valence-corrected chi connectivity index (χ2v) is 2.59. The van der Waals surface area contributed by atoms with Crippen LogP contribution in [0.5, 0.6) is 5.75 Å². The molecule has 0 heterocycles.